The van der Waals surface area contributed by atoms with Crippen molar-refractivity contribution >= 4 is 7.60 Å². The summed E-state index contributed by atoms with van der Waals surface area (Å²) in [6, 6.07) is 3.16. The molecule has 0 radical (unpaired) electrons. The molecule has 7 heteroatoms. The van der Waals surface area contributed by atoms with Crippen molar-refractivity contribution in [1.29, 1.82) is 0 Å². The van der Waals surface area contributed by atoms with E-state index in [1.54, 1.807) is 12.1 Å². The zero-order chi connectivity index (χ0) is 8.32. The van der Waals surface area contributed by atoms with Crippen LogP contribution in [0.25, 0.3) is 0 Å². The fraction of sp³-hybridized carbons (Fsp3) is 0.167. The standard InChI is InChI=1S/C6H8NO3P.2Na.2H/c8-11(9,10)5-6-1-3-7-4-2-6;;;;/h1-4H,5H2,(H2,8,9,10);;;;/q;2*+1;2*-1. The molecule has 0 aliphatic carbocycles. The van der Waals surface area contributed by atoms with Gasteiger partial charge in [0.2, 0.25) is 0 Å². The molecule has 0 amide bonds. The maximum atomic E-state index is 10.5. The number of nitrogens with zero attached hydrogens (tertiary/aromatic N) is 1. The molecule has 0 aliphatic rings. The van der Waals surface area contributed by atoms with Gasteiger partial charge in [0.05, 0.1) is 6.16 Å². The second-order valence-corrected chi connectivity index (χ2v) is 3.82. The molecule has 0 atom stereocenters. The van der Waals surface area contributed by atoms with Crippen LogP contribution >= 0.6 is 7.60 Å². The van der Waals surface area contributed by atoms with Crippen LogP contribution in [0.4, 0.5) is 0 Å². The zero-order valence-electron chi connectivity index (χ0n) is 9.71. The van der Waals surface area contributed by atoms with E-state index in [1.165, 1.54) is 12.4 Å². The van der Waals surface area contributed by atoms with Gasteiger partial charge in [0, 0.05) is 12.4 Å². The molecular weight excluding hydrogens is 211 g/mol. The average Bonchev–Trinajstić information content (AvgIpc) is 1.85. The van der Waals surface area contributed by atoms with E-state index in [2.05, 4.69) is 4.98 Å². The first-order chi connectivity index (χ1) is 5.08. The number of rotatable bonds is 2. The maximum absolute atomic E-state index is 10.5. The molecule has 0 saturated carbocycles. The Morgan fingerprint density at radius 2 is 1.77 bits per heavy atom. The Morgan fingerprint density at radius 3 is 2.15 bits per heavy atom. The van der Waals surface area contributed by atoms with Crippen LogP contribution < -0.4 is 59.1 Å². The molecule has 0 aromatic carbocycles. The molecule has 0 spiro atoms. The molecular formula is C6H10NNa2O3P. The van der Waals surface area contributed by atoms with Crippen molar-refractivity contribution in [2.24, 2.45) is 0 Å². The van der Waals surface area contributed by atoms with Crippen molar-refractivity contribution < 1.29 is 76.3 Å². The molecule has 1 aromatic heterocycles. The summed E-state index contributed by atoms with van der Waals surface area (Å²) in [5, 5.41) is 0. The largest absolute Gasteiger partial charge is 1.00 e. The Morgan fingerprint density at radius 1 is 1.31 bits per heavy atom. The second-order valence-electron chi connectivity index (χ2n) is 2.18. The monoisotopic (exact) mass is 221 g/mol. The fourth-order valence-electron chi connectivity index (χ4n) is 0.726. The molecule has 0 saturated heterocycles. The minimum Gasteiger partial charge on any atom is -1.00 e. The van der Waals surface area contributed by atoms with Gasteiger partial charge in [-0.3, -0.25) is 9.55 Å². The van der Waals surface area contributed by atoms with Crippen LogP contribution in [0, 0.1) is 0 Å². The van der Waals surface area contributed by atoms with Crippen LogP contribution in [-0.4, -0.2) is 14.8 Å². The first-order valence-corrected chi connectivity index (χ1v) is 4.81. The third-order valence-electron chi connectivity index (χ3n) is 1.14. The van der Waals surface area contributed by atoms with E-state index >= 15 is 0 Å². The van der Waals surface area contributed by atoms with Crippen molar-refractivity contribution in [2.75, 3.05) is 0 Å². The predicted octanol–water partition coefficient (Wildman–Crippen LogP) is -5.01. The SMILES string of the molecule is O=P(O)(O)Cc1ccncc1.[H-].[H-].[Na+].[Na+]. The summed E-state index contributed by atoms with van der Waals surface area (Å²) in [5.41, 5.74) is 0.605. The maximum Gasteiger partial charge on any atom is 1.00 e. The summed E-state index contributed by atoms with van der Waals surface area (Å²) in [6.07, 6.45) is 2.80. The van der Waals surface area contributed by atoms with Crippen molar-refractivity contribution in [3.63, 3.8) is 0 Å². The first kappa shape index (κ1) is 16.7. The minimum atomic E-state index is -3.92. The quantitative estimate of drug-likeness (QED) is 0.387. The van der Waals surface area contributed by atoms with E-state index in [-0.39, 0.29) is 68.1 Å². The predicted molar refractivity (Wildman–Crippen MR) is 42.2 cm³/mol. The smallest absolute Gasteiger partial charge is 1.00 e. The van der Waals surface area contributed by atoms with E-state index in [4.69, 9.17) is 9.79 Å². The summed E-state index contributed by atoms with van der Waals surface area (Å²) < 4.78 is 10.5. The number of hydrogen-bond donors (Lipinski definition) is 2. The van der Waals surface area contributed by atoms with E-state index in [1.807, 2.05) is 0 Å². The summed E-state index contributed by atoms with van der Waals surface area (Å²) in [5.74, 6) is 0. The van der Waals surface area contributed by atoms with Crippen LogP contribution in [0.1, 0.15) is 8.42 Å². The molecule has 1 heterocycles. The Kier molecular flexibility index (Phi) is 9.74. The topological polar surface area (TPSA) is 70.4 Å². The Labute approximate surface area is 124 Å². The third-order valence-corrected chi connectivity index (χ3v) is 1.91. The van der Waals surface area contributed by atoms with Crippen LogP contribution in [-0.2, 0) is 10.7 Å². The molecule has 2 N–H and O–H groups in total. The summed E-state index contributed by atoms with van der Waals surface area (Å²) >= 11 is 0. The Balaban J connectivity index is -0.000000151. The van der Waals surface area contributed by atoms with Gasteiger partial charge in [-0.25, -0.2) is 0 Å². The van der Waals surface area contributed by atoms with Gasteiger partial charge >= 0.3 is 66.7 Å². The van der Waals surface area contributed by atoms with Crippen molar-refractivity contribution in [3.8, 4) is 0 Å². The van der Waals surface area contributed by atoms with Crippen molar-refractivity contribution in [1.82, 2.24) is 4.98 Å². The minimum absolute atomic E-state index is 0. The van der Waals surface area contributed by atoms with Crippen molar-refractivity contribution in [3.05, 3.63) is 30.1 Å². The van der Waals surface area contributed by atoms with Gasteiger partial charge in [-0.15, -0.1) is 0 Å². The first-order valence-electron chi connectivity index (χ1n) is 3.01. The third kappa shape index (κ3) is 8.30. The molecule has 64 valence electrons. The van der Waals surface area contributed by atoms with Gasteiger partial charge in [-0.2, -0.15) is 0 Å². The molecule has 1 aromatic rings. The molecule has 0 fully saturated rings. The van der Waals surface area contributed by atoms with Gasteiger partial charge in [0.15, 0.2) is 0 Å². The van der Waals surface area contributed by atoms with Crippen LogP contribution in [0.2, 0.25) is 0 Å². The summed E-state index contributed by atoms with van der Waals surface area (Å²) in [6.45, 7) is 0. The van der Waals surface area contributed by atoms with Crippen LogP contribution in [0.5, 0.6) is 0 Å². The van der Waals surface area contributed by atoms with Gasteiger partial charge in [0.1, 0.15) is 0 Å². The fourth-order valence-corrected chi connectivity index (χ4v) is 1.41. The number of aromatic nitrogens is 1. The van der Waals surface area contributed by atoms with Gasteiger partial charge in [-0.1, -0.05) is 0 Å². The summed E-state index contributed by atoms with van der Waals surface area (Å²) in [7, 11) is -3.92. The summed E-state index contributed by atoms with van der Waals surface area (Å²) in [4.78, 5) is 20.8. The molecule has 4 nitrogen and oxygen atoms in total. The molecule has 0 unspecified atom stereocenters. The average molecular weight is 221 g/mol. The second kappa shape index (κ2) is 7.57. The van der Waals surface area contributed by atoms with E-state index in [9.17, 15) is 4.57 Å². The van der Waals surface area contributed by atoms with E-state index in [0.717, 1.165) is 0 Å². The molecule has 0 bridgehead atoms. The van der Waals surface area contributed by atoms with E-state index < -0.39 is 7.60 Å². The number of hydrogen-bond acceptors (Lipinski definition) is 2. The molecule has 13 heavy (non-hydrogen) atoms. The van der Waals surface area contributed by atoms with Gasteiger partial charge < -0.3 is 12.6 Å². The van der Waals surface area contributed by atoms with Gasteiger partial charge in [0.25, 0.3) is 0 Å². The van der Waals surface area contributed by atoms with Crippen molar-refractivity contribution in [2.45, 2.75) is 6.16 Å². The Bertz CT molecular complexity index is 285. The normalized spacial score (nSPS) is 9.69. The molecule has 0 aliphatic heterocycles. The molecule has 1 rings (SSSR count). The van der Waals surface area contributed by atoms with E-state index in [0.29, 0.717) is 5.56 Å². The van der Waals surface area contributed by atoms with Crippen LogP contribution in [0.3, 0.4) is 0 Å². The zero-order valence-corrected chi connectivity index (χ0v) is 12.6. The number of pyridine rings is 1. The van der Waals surface area contributed by atoms with Gasteiger partial charge in [-0.05, 0) is 17.7 Å². The Hall–Kier alpha value is 1.30. The van der Waals surface area contributed by atoms with Crippen LogP contribution in [0.15, 0.2) is 24.5 Å².